The summed E-state index contributed by atoms with van der Waals surface area (Å²) in [6.45, 7) is 1.44. The number of ether oxygens (including phenoxy) is 1. The van der Waals surface area contributed by atoms with E-state index in [9.17, 15) is 19.4 Å². The summed E-state index contributed by atoms with van der Waals surface area (Å²) in [6.07, 6.45) is 22.0. The zero-order valence-corrected chi connectivity index (χ0v) is 22.2. The van der Waals surface area contributed by atoms with Crippen molar-refractivity contribution in [1.82, 2.24) is 0 Å². The average Bonchev–Trinajstić information content (AvgIpc) is 2.82. The first kappa shape index (κ1) is 33.2. The van der Waals surface area contributed by atoms with Crippen LogP contribution in [0.1, 0.15) is 110 Å². The molecule has 0 amide bonds. The van der Waals surface area contributed by atoms with Crippen LogP contribution >= 0.6 is 7.82 Å². The molecule has 0 bridgehead atoms. The maximum atomic E-state index is 11.7. The summed E-state index contributed by atoms with van der Waals surface area (Å²) in [6, 6.07) is 0. The zero-order chi connectivity index (χ0) is 25.3. The number of aliphatic hydroxyl groups excluding tert-OH is 1. The van der Waals surface area contributed by atoms with Gasteiger partial charge in [-0.1, -0.05) is 83.3 Å². The fraction of sp³-hybridized carbons (Fsp3) is 0.880. The van der Waals surface area contributed by atoms with Crippen molar-refractivity contribution in [3.63, 3.8) is 0 Å². The molecule has 0 heterocycles. The molecule has 0 aliphatic carbocycles. The maximum Gasteiger partial charge on any atom is 0.472 e. The van der Waals surface area contributed by atoms with E-state index in [2.05, 4.69) is 28.1 Å². The Balaban J connectivity index is 3.44. The molecule has 0 saturated heterocycles. The summed E-state index contributed by atoms with van der Waals surface area (Å²) in [5, 5.41) is 9.69. The number of rotatable bonds is 25. The summed E-state index contributed by atoms with van der Waals surface area (Å²) in [7, 11) is -4.24. The van der Waals surface area contributed by atoms with Gasteiger partial charge in [0.1, 0.15) is 12.7 Å². The molecule has 2 atom stereocenters. The fourth-order valence-electron chi connectivity index (χ4n) is 3.39. The second kappa shape index (κ2) is 24.0. The van der Waals surface area contributed by atoms with Gasteiger partial charge in [-0.25, -0.2) is 4.57 Å². The number of nitrogens with two attached hydrogens (primary N) is 1. The molecule has 0 aromatic heterocycles. The number of phosphoric acid groups is 1. The van der Waals surface area contributed by atoms with Crippen molar-refractivity contribution in [2.75, 3.05) is 26.4 Å². The lowest BCUT2D eigenvalue weighted by Gasteiger charge is -2.15. The van der Waals surface area contributed by atoms with E-state index in [1.807, 2.05) is 0 Å². The molecule has 0 aliphatic rings. The summed E-state index contributed by atoms with van der Waals surface area (Å²) >= 11 is 0. The second-order valence-corrected chi connectivity index (χ2v) is 10.2. The van der Waals surface area contributed by atoms with Gasteiger partial charge < -0.3 is 20.5 Å². The fourth-order valence-corrected chi connectivity index (χ4v) is 4.16. The first-order chi connectivity index (χ1) is 16.4. The maximum absolute atomic E-state index is 11.7. The second-order valence-electron chi connectivity index (χ2n) is 8.76. The molecule has 202 valence electrons. The molecule has 8 nitrogen and oxygen atoms in total. The minimum atomic E-state index is -4.24. The highest BCUT2D eigenvalue weighted by Crippen LogP contribution is 2.42. The highest BCUT2D eigenvalue weighted by atomic mass is 31.2. The molecule has 0 spiro atoms. The van der Waals surface area contributed by atoms with Gasteiger partial charge in [-0.2, -0.15) is 0 Å². The zero-order valence-electron chi connectivity index (χ0n) is 21.3. The van der Waals surface area contributed by atoms with E-state index in [1.54, 1.807) is 0 Å². The van der Waals surface area contributed by atoms with Gasteiger partial charge in [0.05, 0.1) is 13.2 Å². The van der Waals surface area contributed by atoms with Crippen LogP contribution in [0.5, 0.6) is 0 Å². The molecule has 0 rings (SSSR count). The van der Waals surface area contributed by atoms with E-state index in [4.69, 9.17) is 10.5 Å². The lowest BCUT2D eigenvalue weighted by molar-refractivity contribution is -0.147. The molecule has 0 aromatic rings. The van der Waals surface area contributed by atoms with Crippen molar-refractivity contribution < 1.29 is 33.1 Å². The normalized spacial score (nSPS) is 14.4. The van der Waals surface area contributed by atoms with Crippen molar-refractivity contribution in [2.45, 2.75) is 116 Å². The summed E-state index contributed by atoms with van der Waals surface area (Å²) in [5.74, 6) is -0.390. The summed E-state index contributed by atoms with van der Waals surface area (Å²) < 4.78 is 25.6. The Bertz CT molecular complexity index is 545. The Morgan fingerprint density at radius 3 is 1.94 bits per heavy atom. The molecular formula is C25H50NO7P. The first-order valence-corrected chi connectivity index (χ1v) is 14.7. The van der Waals surface area contributed by atoms with Gasteiger partial charge in [0, 0.05) is 13.0 Å². The number of hydrogen-bond donors (Lipinski definition) is 3. The number of carbonyl (C=O) groups excluding carboxylic acids is 1. The van der Waals surface area contributed by atoms with Crippen LogP contribution in [0.15, 0.2) is 12.2 Å². The molecule has 0 fully saturated rings. The summed E-state index contributed by atoms with van der Waals surface area (Å²) in [5.41, 5.74) is 5.17. The molecular weight excluding hydrogens is 457 g/mol. The van der Waals surface area contributed by atoms with E-state index in [-0.39, 0.29) is 19.8 Å². The Morgan fingerprint density at radius 1 is 0.853 bits per heavy atom. The SMILES string of the molecule is CCCCCCCCC=CCCCCCCCCCC(=O)OCC(O)COP(=O)(O)OCCN. The standard InChI is InChI=1S/C25H50NO7P/c1-2-3-4-5-6-7-8-9-10-11-12-13-14-15-16-17-18-19-25(28)31-22-24(27)23-33-34(29,30)32-21-20-26/h9-10,24,27H,2-8,11-23,26H2,1H3,(H,29,30). The van der Waals surface area contributed by atoms with Gasteiger partial charge >= 0.3 is 13.8 Å². The lowest BCUT2D eigenvalue weighted by Crippen LogP contribution is -2.23. The highest BCUT2D eigenvalue weighted by molar-refractivity contribution is 7.47. The van der Waals surface area contributed by atoms with Crippen LogP contribution in [0, 0.1) is 0 Å². The Labute approximate surface area is 207 Å². The molecule has 0 radical (unpaired) electrons. The van der Waals surface area contributed by atoms with Crippen molar-refractivity contribution in [2.24, 2.45) is 5.73 Å². The highest BCUT2D eigenvalue weighted by Gasteiger charge is 2.22. The van der Waals surface area contributed by atoms with E-state index in [1.165, 1.54) is 77.0 Å². The van der Waals surface area contributed by atoms with E-state index >= 15 is 0 Å². The van der Waals surface area contributed by atoms with Gasteiger partial charge in [0.15, 0.2) is 0 Å². The lowest BCUT2D eigenvalue weighted by atomic mass is 10.1. The minimum Gasteiger partial charge on any atom is -0.463 e. The van der Waals surface area contributed by atoms with Crippen LogP contribution in [0.25, 0.3) is 0 Å². The average molecular weight is 508 g/mol. The number of hydrogen-bond acceptors (Lipinski definition) is 7. The largest absolute Gasteiger partial charge is 0.472 e. The molecule has 4 N–H and O–H groups in total. The Morgan fingerprint density at radius 2 is 1.38 bits per heavy atom. The molecule has 2 unspecified atom stereocenters. The predicted octanol–water partition coefficient (Wildman–Crippen LogP) is 5.80. The van der Waals surface area contributed by atoms with Gasteiger partial charge in [-0.15, -0.1) is 0 Å². The monoisotopic (exact) mass is 507 g/mol. The van der Waals surface area contributed by atoms with Gasteiger partial charge in [0.25, 0.3) is 0 Å². The smallest absolute Gasteiger partial charge is 0.463 e. The number of esters is 1. The van der Waals surface area contributed by atoms with Crippen molar-refractivity contribution in [1.29, 1.82) is 0 Å². The van der Waals surface area contributed by atoms with Crippen LogP contribution in [0.2, 0.25) is 0 Å². The van der Waals surface area contributed by atoms with E-state index < -0.39 is 26.5 Å². The molecule has 0 saturated carbocycles. The number of allylic oxidation sites excluding steroid dienone is 2. The third-order valence-corrected chi connectivity index (χ3v) is 6.37. The number of unbranched alkanes of at least 4 members (excludes halogenated alkanes) is 13. The summed E-state index contributed by atoms with van der Waals surface area (Å²) in [4.78, 5) is 21.0. The number of phosphoric ester groups is 1. The predicted molar refractivity (Wildman–Crippen MR) is 136 cm³/mol. The number of aliphatic hydroxyl groups is 1. The molecule has 9 heteroatoms. The van der Waals surface area contributed by atoms with Crippen LogP contribution in [-0.4, -0.2) is 48.4 Å². The van der Waals surface area contributed by atoms with Gasteiger partial charge in [-0.3, -0.25) is 13.8 Å². The minimum absolute atomic E-state index is 0.0745. The molecule has 0 aliphatic heterocycles. The first-order valence-electron chi connectivity index (χ1n) is 13.2. The van der Waals surface area contributed by atoms with Crippen LogP contribution in [0.4, 0.5) is 0 Å². The topological polar surface area (TPSA) is 128 Å². The van der Waals surface area contributed by atoms with Crippen molar-refractivity contribution in [3.8, 4) is 0 Å². The number of carbonyl (C=O) groups is 1. The molecule has 0 aromatic carbocycles. The Kier molecular flexibility index (Phi) is 23.4. The van der Waals surface area contributed by atoms with Crippen molar-refractivity contribution >= 4 is 13.8 Å². The van der Waals surface area contributed by atoms with Gasteiger partial charge in [0.2, 0.25) is 0 Å². The van der Waals surface area contributed by atoms with Crippen LogP contribution in [0.3, 0.4) is 0 Å². The van der Waals surface area contributed by atoms with Crippen molar-refractivity contribution in [3.05, 3.63) is 12.2 Å². The third kappa shape index (κ3) is 24.4. The van der Waals surface area contributed by atoms with Crippen LogP contribution in [-0.2, 0) is 23.1 Å². The third-order valence-electron chi connectivity index (χ3n) is 5.38. The quantitative estimate of drug-likeness (QED) is 0.0612. The van der Waals surface area contributed by atoms with E-state index in [0.29, 0.717) is 6.42 Å². The Hall–Kier alpha value is -0.760. The van der Waals surface area contributed by atoms with Crippen LogP contribution < -0.4 is 5.73 Å². The molecule has 34 heavy (non-hydrogen) atoms. The van der Waals surface area contributed by atoms with E-state index in [0.717, 1.165) is 19.3 Å². The van der Waals surface area contributed by atoms with Gasteiger partial charge in [-0.05, 0) is 32.1 Å².